The van der Waals surface area contributed by atoms with Crippen molar-refractivity contribution in [2.45, 2.75) is 57.5 Å². The van der Waals surface area contributed by atoms with Crippen LogP contribution in [-0.2, 0) is 0 Å². The van der Waals surface area contributed by atoms with E-state index >= 15 is 0 Å². The lowest BCUT2D eigenvalue weighted by Gasteiger charge is -2.29. The van der Waals surface area contributed by atoms with Gasteiger partial charge in [-0.3, -0.25) is 0 Å². The Morgan fingerprint density at radius 2 is 1.84 bits per heavy atom. The lowest BCUT2D eigenvalue weighted by Crippen LogP contribution is -2.33. The minimum atomic E-state index is 0.261. The van der Waals surface area contributed by atoms with Gasteiger partial charge in [-0.25, -0.2) is 4.98 Å². The van der Waals surface area contributed by atoms with Crippen molar-refractivity contribution in [3.63, 3.8) is 0 Å². The van der Waals surface area contributed by atoms with Crippen LogP contribution in [0.5, 0.6) is 0 Å². The van der Waals surface area contributed by atoms with E-state index in [0.29, 0.717) is 6.04 Å². The van der Waals surface area contributed by atoms with Crippen LogP contribution < -0.4 is 5.73 Å². The summed E-state index contributed by atoms with van der Waals surface area (Å²) in [6.45, 7) is 2.10. The molecule has 1 saturated carbocycles. The third kappa shape index (κ3) is 2.39. The first-order valence-electron chi connectivity index (χ1n) is 7.46. The van der Waals surface area contributed by atoms with Crippen molar-refractivity contribution in [2.24, 2.45) is 5.73 Å². The molecule has 2 unspecified atom stereocenters. The predicted molar refractivity (Wildman–Crippen MR) is 79.2 cm³/mol. The number of imidazole rings is 1. The fraction of sp³-hybridized carbons (Fsp3) is 0.562. The molecule has 3 rings (SSSR count). The van der Waals surface area contributed by atoms with Crippen molar-refractivity contribution < 1.29 is 0 Å². The van der Waals surface area contributed by atoms with Gasteiger partial charge in [0.2, 0.25) is 0 Å². The maximum absolute atomic E-state index is 6.45. The molecule has 1 aliphatic rings. The molecule has 1 aromatic heterocycles. The van der Waals surface area contributed by atoms with Crippen LogP contribution in [0, 0.1) is 6.92 Å². The largest absolute Gasteiger partial charge is 0.326 e. The van der Waals surface area contributed by atoms with E-state index in [4.69, 9.17) is 5.73 Å². The van der Waals surface area contributed by atoms with E-state index in [1.54, 1.807) is 0 Å². The highest BCUT2D eigenvalue weighted by atomic mass is 15.1. The van der Waals surface area contributed by atoms with Gasteiger partial charge in [0.15, 0.2) is 0 Å². The highest BCUT2D eigenvalue weighted by Crippen LogP contribution is 2.30. The lowest BCUT2D eigenvalue weighted by molar-refractivity contribution is 0.329. The van der Waals surface area contributed by atoms with Crippen LogP contribution in [0.2, 0.25) is 0 Å². The predicted octanol–water partition coefficient (Wildman–Crippen LogP) is 3.57. The molecule has 2 N–H and O–H groups in total. The third-order valence-corrected chi connectivity index (χ3v) is 4.39. The molecule has 2 atom stereocenters. The minimum absolute atomic E-state index is 0.261. The maximum Gasteiger partial charge on any atom is 0.107 e. The van der Waals surface area contributed by atoms with Crippen molar-refractivity contribution in [1.29, 1.82) is 0 Å². The fourth-order valence-corrected chi connectivity index (χ4v) is 3.40. The van der Waals surface area contributed by atoms with Crippen LogP contribution >= 0.6 is 0 Å². The summed E-state index contributed by atoms with van der Waals surface area (Å²) in [6.07, 6.45) is 7.55. The first-order chi connectivity index (χ1) is 9.27. The number of aryl methyl sites for hydroxylation is 1. The average Bonchev–Trinajstić information content (AvgIpc) is 2.71. The van der Waals surface area contributed by atoms with Crippen molar-refractivity contribution in [2.75, 3.05) is 0 Å². The number of fused-ring (bicyclic) bond motifs is 1. The van der Waals surface area contributed by atoms with E-state index < -0.39 is 0 Å². The zero-order valence-corrected chi connectivity index (χ0v) is 11.7. The molecule has 2 aromatic rings. The molecule has 0 saturated heterocycles. The van der Waals surface area contributed by atoms with Crippen LogP contribution in [-0.4, -0.2) is 15.6 Å². The topological polar surface area (TPSA) is 43.8 Å². The molecule has 3 nitrogen and oxygen atoms in total. The van der Waals surface area contributed by atoms with Gasteiger partial charge >= 0.3 is 0 Å². The Morgan fingerprint density at radius 3 is 2.68 bits per heavy atom. The first-order valence-corrected chi connectivity index (χ1v) is 7.46. The zero-order chi connectivity index (χ0) is 13.2. The first kappa shape index (κ1) is 12.7. The zero-order valence-electron chi connectivity index (χ0n) is 11.7. The van der Waals surface area contributed by atoms with Gasteiger partial charge in [-0.2, -0.15) is 0 Å². The van der Waals surface area contributed by atoms with E-state index in [1.165, 1.54) is 37.6 Å². The summed E-state index contributed by atoms with van der Waals surface area (Å²) < 4.78 is 2.38. The summed E-state index contributed by atoms with van der Waals surface area (Å²) in [6, 6.07) is 9.07. The molecule has 1 heterocycles. The second-order valence-electron chi connectivity index (χ2n) is 5.74. The summed E-state index contributed by atoms with van der Waals surface area (Å²) in [4.78, 5) is 4.68. The molecule has 0 bridgehead atoms. The van der Waals surface area contributed by atoms with Gasteiger partial charge in [0.05, 0.1) is 17.1 Å². The smallest absolute Gasteiger partial charge is 0.107 e. The molecule has 3 heteroatoms. The van der Waals surface area contributed by atoms with Crippen molar-refractivity contribution >= 4 is 11.0 Å². The lowest BCUT2D eigenvalue weighted by atomic mass is 9.92. The number of aromatic nitrogens is 2. The molecule has 102 valence electrons. The molecular formula is C16H23N3. The SMILES string of the molecule is Cc1nc2ccccc2n1C1CCCCCCC1N. The van der Waals surface area contributed by atoms with Gasteiger partial charge in [-0.1, -0.05) is 37.8 Å². The van der Waals surface area contributed by atoms with Crippen molar-refractivity contribution in [3.05, 3.63) is 30.1 Å². The Balaban J connectivity index is 2.03. The third-order valence-electron chi connectivity index (χ3n) is 4.39. The van der Waals surface area contributed by atoms with Crippen LogP contribution in [0.15, 0.2) is 24.3 Å². The molecular weight excluding hydrogens is 234 g/mol. The number of benzene rings is 1. The standard InChI is InChI=1S/C16H23N3/c1-12-18-14-9-6-7-11-16(14)19(12)15-10-5-3-2-4-8-13(15)17/h6-7,9,11,13,15H,2-5,8,10,17H2,1H3. The van der Waals surface area contributed by atoms with Crippen molar-refractivity contribution in [1.82, 2.24) is 9.55 Å². The summed E-state index contributed by atoms with van der Waals surface area (Å²) in [7, 11) is 0. The average molecular weight is 257 g/mol. The van der Waals surface area contributed by atoms with Gasteiger partial charge in [0, 0.05) is 6.04 Å². The molecule has 0 radical (unpaired) electrons. The van der Waals surface area contributed by atoms with Gasteiger partial charge in [-0.15, -0.1) is 0 Å². The highest BCUT2D eigenvalue weighted by molar-refractivity contribution is 5.76. The quantitative estimate of drug-likeness (QED) is 0.848. The van der Waals surface area contributed by atoms with E-state index in [1.807, 2.05) is 0 Å². The molecule has 0 spiro atoms. The fourth-order valence-electron chi connectivity index (χ4n) is 3.40. The van der Waals surface area contributed by atoms with E-state index in [0.717, 1.165) is 17.8 Å². The summed E-state index contributed by atoms with van der Waals surface area (Å²) in [5, 5.41) is 0. The summed E-state index contributed by atoms with van der Waals surface area (Å²) in [5.74, 6) is 1.10. The van der Waals surface area contributed by atoms with E-state index in [9.17, 15) is 0 Å². The Morgan fingerprint density at radius 1 is 1.11 bits per heavy atom. The second-order valence-corrected chi connectivity index (χ2v) is 5.74. The van der Waals surface area contributed by atoms with Crippen molar-refractivity contribution in [3.8, 4) is 0 Å². The number of hydrogen-bond acceptors (Lipinski definition) is 2. The molecule has 1 fully saturated rings. The molecule has 0 amide bonds. The Kier molecular flexibility index (Phi) is 3.56. The van der Waals surface area contributed by atoms with E-state index in [-0.39, 0.29) is 6.04 Å². The van der Waals surface area contributed by atoms with Gasteiger partial charge in [0.25, 0.3) is 0 Å². The van der Waals surface area contributed by atoms with Crippen LogP contribution in [0.4, 0.5) is 0 Å². The Bertz CT molecular complexity index is 558. The number of hydrogen-bond donors (Lipinski definition) is 1. The number of nitrogens with zero attached hydrogens (tertiary/aromatic N) is 2. The normalized spacial score (nSPS) is 25.2. The molecule has 19 heavy (non-hydrogen) atoms. The second kappa shape index (κ2) is 5.33. The van der Waals surface area contributed by atoms with Crippen LogP contribution in [0.1, 0.15) is 50.4 Å². The van der Waals surface area contributed by atoms with E-state index in [2.05, 4.69) is 40.7 Å². The number of nitrogens with two attached hydrogens (primary N) is 1. The highest BCUT2D eigenvalue weighted by Gasteiger charge is 2.24. The van der Waals surface area contributed by atoms with Gasteiger partial charge in [-0.05, 0) is 31.9 Å². The van der Waals surface area contributed by atoms with Crippen LogP contribution in [0.3, 0.4) is 0 Å². The van der Waals surface area contributed by atoms with Crippen LogP contribution in [0.25, 0.3) is 11.0 Å². The minimum Gasteiger partial charge on any atom is -0.326 e. The molecule has 1 aliphatic carbocycles. The Labute approximate surface area is 114 Å². The Hall–Kier alpha value is -1.35. The monoisotopic (exact) mass is 257 g/mol. The number of para-hydroxylation sites is 2. The summed E-state index contributed by atoms with van der Waals surface area (Å²) in [5.41, 5.74) is 8.78. The summed E-state index contributed by atoms with van der Waals surface area (Å²) >= 11 is 0. The van der Waals surface area contributed by atoms with Gasteiger partial charge < -0.3 is 10.3 Å². The van der Waals surface area contributed by atoms with Gasteiger partial charge in [0.1, 0.15) is 5.82 Å². The number of rotatable bonds is 1. The molecule has 1 aromatic carbocycles. The maximum atomic E-state index is 6.45. The molecule has 0 aliphatic heterocycles.